The van der Waals surface area contributed by atoms with E-state index < -0.39 is 0 Å². The number of unbranched alkanes of at least 4 members (excludes halogenated alkanes) is 1. The van der Waals surface area contributed by atoms with Gasteiger partial charge in [0.05, 0.1) is 29.5 Å². The predicted octanol–water partition coefficient (Wildman–Crippen LogP) is 6.12. The number of pyridine rings is 1. The molecule has 0 aliphatic heterocycles. The fourth-order valence-corrected chi connectivity index (χ4v) is 4.54. The minimum atomic E-state index is 0.312. The summed E-state index contributed by atoms with van der Waals surface area (Å²) in [5.41, 5.74) is 9.51. The fourth-order valence-electron chi connectivity index (χ4n) is 4.37. The lowest BCUT2D eigenvalue weighted by Crippen LogP contribution is -2.25. The fraction of sp³-hybridized carbons (Fsp3) is 0.519. The monoisotopic (exact) mass is 485 g/mol. The van der Waals surface area contributed by atoms with Crippen molar-refractivity contribution in [2.24, 2.45) is 5.73 Å². The molecule has 7 heteroatoms. The van der Waals surface area contributed by atoms with Gasteiger partial charge in [0.25, 0.3) is 0 Å². The number of nitrogens with zero attached hydrogens (tertiary/aromatic N) is 2. The molecule has 0 radical (unpaired) electrons. The number of methoxy groups -OCH3 is 1. The standard InChI is InChI=1S/C27H40ClN5O/c1-5-33(6-2)15-9-10-19(3)31-26-22-12-11-20(28)16-24(22)32-27-23(26)17-21(34-4)18-25(27)30-14-8-7-13-29/h11-12,16-19,30H,5-10,13-15,29H2,1-4H3,(H,31,32). The molecule has 0 bridgehead atoms. The normalized spacial score (nSPS) is 12.4. The Balaban J connectivity index is 1.99. The van der Waals surface area contributed by atoms with Crippen LogP contribution in [-0.2, 0) is 0 Å². The third kappa shape index (κ3) is 6.65. The molecule has 1 aromatic heterocycles. The predicted molar refractivity (Wildman–Crippen MR) is 148 cm³/mol. The Morgan fingerprint density at radius 2 is 1.88 bits per heavy atom. The number of hydrogen-bond donors (Lipinski definition) is 3. The molecule has 1 heterocycles. The van der Waals surface area contributed by atoms with E-state index in [0.29, 0.717) is 17.6 Å². The molecule has 186 valence electrons. The van der Waals surface area contributed by atoms with Crippen LogP contribution in [0.4, 0.5) is 11.4 Å². The highest BCUT2D eigenvalue weighted by Crippen LogP contribution is 2.38. The lowest BCUT2D eigenvalue weighted by atomic mass is 10.0. The van der Waals surface area contributed by atoms with Crippen molar-refractivity contribution >= 4 is 44.8 Å². The van der Waals surface area contributed by atoms with Crippen LogP contribution in [0.15, 0.2) is 30.3 Å². The molecule has 0 saturated heterocycles. The second kappa shape index (κ2) is 13.0. The minimum Gasteiger partial charge on any atom is -0.497 e. The summed E-state index contributed by atoms with van der Waals surface area (Å²) < 4.78 is 5.66. The van der Waals surface area contributed by atoms with E-state index in [1.54, 1.807) is 7.11 Å². The summed E-state index contributed by atoms with van der Waals surface area (Å²) in [7, 11) is 1.70. The topological polar surface area (TPSA) is 75.4 Å². The zero-order chi connectivity index (χ0) is 24.5. The molecule has 0 amide bonds. The summed E-state index contributed by atoms with van der Waals surface area (Å²) in [4.78, 5) is 7.49. The van der Waals surface area contributed by atoms with Crippen molar-refractivity contribution in [3.05, 3.63) is 35.4 Å². The van der Waals surface area contributed by atoms with Crippen LogP contribution in [0.2, 0.25) is 5.02 Å². The zero-order valence-electron chi connectivity index (χ0n) is 21.1. The summed E-state index contributed by atoms with van der Waals surface area (Å²) in [6.07, 6.45) is 4.23. The average molecular weight is 486 g/mol. The number of hydrogen-bond acceptors (Lipinski definition) is 6. The van der Waals surface area contributed by atoms with Crippen LogP contribution >= 0.6 is 11.6 Å². The molecule has 1 unspecified atom stereocenters. The Kier molecular flexibility index (Phi) is 10.1. The largest absolute Gasteiger partial charge is 0.497 e. The SMILES string of the molecule is CCN(CC)CCCC(C)Nc1c2ccc(Cl)cc2nc2c(NCCCCN)cc(OC)cc12. The van der Waals surface area contributed by atoms with Crippen LogP contribution in [0.3, 0.4) is 0 Å². The van der Waals surface area contributed by atoms with Crippen molar-refractivity contribution < 1.29 is 4.74 Å². The average Bonchev–Trinajstić information content (AvgIpc) is 2.84. The van der Waals surface area contributed by atoms with E-state index in [4.69, 9.17) is 27.1 Å². The number of ether oxygens (including phenoxy) is 1. The van der Waals surface area contributed by atoms with Crippen LogP contribution in [0.5, 0.6) is 5.75 Å². The smallest absolute Gasteiger partial charge is 0.121 e. The van der Waals surface area contributed by atoms with Gasteiger partial charge in [-0.05, 0) is 83.1 Å². The van der Waals surface area contributed by atoms with Gasteiger partial charge in [0.15, 0.2) is 0 Å². The van der Waals surface area contributed by atoms with Crippen molar-refractivity contribution in [2.75, 3.05) is 50.5 Å². The maximum absolute atomic E-state index is 6.35. The zero-order valence-corrected chi connectivity index (χ0v) is 21.8. The van der Waals surface area contributed by atoms with Gasteiger partial charge in [-0.1, -0.05) is 25.4 Å². The first-order valence-corrected chi connectivity index (χ1v) is 12.9. The maximum Gasteiger partial charge on any atom is 0.121 e. The molecule has 34 heavy (non-hydrogen) atoms. The van der Waals surface area contributed by atoms with Crippen molar-refractivity contribution in [1.82, 2.24) is 9.88 Å². The van der Waals surface area contributed by atoms with E-state index in [-0.39, 0.29) is 0 Å². The Bertz CT molecular complexity index is 1070. The highest BCUT2D eigenvalue weighted by Gasteiger charge is 2.16. The van der Waals surface area contributed by atoms with E-state index in [1.165, 1.54) is 0 Å². The molecule has 3 aromatic rings. The van der Waals surface area contributed by atoms with E-state index in [1.807, 2.05) is 18.2 Å². The lowest BCUT2D eigenvalue weighted by Gasteiger charge is -2.22. The van der Waals surface area contributed by atoms with Gasteiger partial charge in [-0.2, -0.15) is 0 Å². The molecule has 6 nitrogen and oxygen atoms in total. The van der Waals surface area contributed by atoms with Gasteiger partial charge in [-0.3, -0.25) is 0 Å². The van der Waals surface area contributed by atoms with Gasteiger partial charge in [0, 0.05) is 34.4 Å². The number of aromatic nitrogens is 1. The van der Waals surface area contributed by atoms with Crippen LogP contribution < -0.4 is 21.1 Å². The van der Waals surface area contributed by atoms with Crippen molar-refractivity contribution in [3.63, 3.8) is 0 Å². The molecule has 3 rings (SSSR count). The van der Waals surface area contributed by atoms with Gasteiger partial charge in [-0.15, -0.1) is 0 Å². The van der Waals surface area contributed by atoms with Gasteiger partial charge >= 0.3 is 0 Å². The van der Waals surface area contributed by atoms with Gasteiger partial charge in [0.2, 0.25) is 0 Å². The van der Waals surface area contributed by atoms with Gasteiger partial charge in [0.1, 0.15) is 5.75 Å². The molecule has 0 aliphatic rings. The number of nitrogens with two attached hydrogens (primary N) is 1. The quantitative estimate of drug-likeness (QED) is 0.188. The molecule has 0 saturated carbocycles. The summed E-state index contributed by atoms with van der Waals surface area (Å²) >= 11 is 6.35. The van der Waals surface area contributed by atoms with Crippen LogP contribution in [0.25, 0.3) is 21.8 Å². The van der Waals surface area contributed by atoms with Crippen LogP contribution in [0, 0.1) is 0 Å². The Hall–Kier alpha value is -2.28. The van der Waals surface area contributed by atoms with E-state index in [9.17, 15) is 0 Å². The second-order valence-corrected chi connectivity index (χ2v) is 9.29. The number of nitrogens with one attached hydrogen (secondary N) is 2. The van der Waals surface area contributed by atoms with Crippen LogP contribution in [0.1, 0.15) is 46.5 Å². The molecular formula is C27H40ClN5O. The van der Waals surface area contributed by atoms with E-state index in [2.05, 4.69) is 48.4 Å². The number of benzene rings is 2. The maximum atomic E-state index is 6.35. The number of halogens is 1. The summed E-state index contributed by atoms with van der Waals surface area (Å²) in [6.45, 7) is 11.5. The highest BCUT2D eigenvalue weighted by atomic mass is 35.5. The van der Waals surface area contributed by atoms with Crippen LogP contribution in [-0.4, -0.2) is 55.8 Å². The highest BCUT2D eigenvalue weighted by molar-refractivity contribution is 6.31. The number of rotatable bonds is 14. The molecule has 2 aromatic carbocycles. The van der Waals surface area contributed by atoms with Gasteiger partial charge < -0.3 is 26.0 Å². The summed E-state index contributed by atoms with van der Waals surface area (Å²) in [5, 5.41) is 10.2. The number of anilines is 2. The van der Waals surface area contributed by atoms with Crippen molar-refractivity contribution in [1.29, 1.82) is 0 Å². The Labute approximate surface area is 209 Å². The van der Waals surface area contributed by atoms with E-state index >= 15 is 0 Å². The van der Waals surface area contributed by atoms with Crippen molar-refractivity contribution in [2.45, 2.75) is 52.5 Å². The molecule has 0 spiro atoms. The summed E-state index contributed by atoms with van der Waals surface area (Å²) in [6, 6.07) is 10.3. The van der Waals surface area contributed by atoms with E-state index in [0.717, 1.165) is 90.8 Å². The third-order valence-electron chi connectivity index (χ3n) is 6.39. The third-order valence-corrected chi connectivity index (χ3v) is 6.63. The minimum absolute atomic E-state index is 0.312. The first-order valence-electron chi connectivity index (χ1n) is 12.5. The molecular weight excluding hydrogens is 446 g/mol. The number of fused-ring (bicyclic) bond motifs is 2. The second-order valence-electron chi connectivity index (χ2n) is 8.86. The lowest BCUT2D eigenvalue weighted by molar-refractivity contribution is 0.295. The molecule has 4 N–H and O–H groups in total. The molecule has 0 fully saturated rings. The first kappa shape index (κ1) is 26.3. The van der Waals surface area contributed by atoms with Crippen molar-refractivity contribution in [3.8, 4) is 5.75 Å². The van der Waals surface area contributed by atoms with Gasteiger partial charge in [-0.25, -0.2) is 4.98 Å². The molecule has 0 aliphatic carbocycles. The first-order chi connectivity index (χ1) is 16.5. The molecule has 1 atom stereocenters. The Morgan fingerprint density at radius 1 is 1.09 bits per heavy atom. The Morgan fingerprint density at radius 3 is 2.59 bits per heavy atom. The summed E-state index contributed by atoms with van der Waals surface area (Å²) in [5.74, 6) is 0.807.